The number of hydrogen-bond donors (Lipinski definition) is 0. The number of nitrogens with zero attached hydrogens (tertiary/aromatic N) is 4. The van der Waals surface area contributed by atoms with Crippen LogP contribution in [0.1, 0.15) is 56.5 Å². The molecular formula is C28H38N4O4. The fourth-order valence-electron chi connectivity index (χ4n) is 5.45. The van der Waals surface area contributed by atoms with Crippen LogP contribution in [0.25, 0.3) is 5.69 Å². The molecule has 1 spiro atoms. The predicted octanol–water partition coefficient (Wildman–Crippen LogP) is 4.27. The Bertz CT molecular complexity index is 1150. The third kappa shape index (κ3) is 5.82. The molecule has 2 saturated heterocycles. The smallest absolute Gasteiger partial charge is 0.410 e. The first-order valence-corrected chi connectivity index (χ1v) is 12.6. The standard InChI is InChI=1S/C28H38N4O4/c1-20-12-21(2)32(29-20)24-9-7-8-22(13-24)23(14-25(16-33)35-6)15-30-11-10-28(17-30)18-31(19-28)26(34)36-27(3,4)5/h7-9,12-13,23H,10-11,14-15,17-19H2,1-6H3/t23-/m1/s1. The monoisotopic (exact) mass is 494 g/mol. The van der Waals surface area contributed by atoms with Crippen LogP contribution in [0.3, 0.4) is 0 Å². The molecule has 2 aromatic rings. The number of likely N-dealkylation sites (tertiary alicyclic amines) is 2. The zero-order valence-electron chi connectivity index (χ0n) is 22.3. The molecule has 1 amide bonds. The molecule has 8 nitrogen and oxygen atoms in total. The van der Waals surface area contributed by atoms with E-state index in [0.717, 1.165) is 61.8 Å². The first-order chi connectivity index (χ1) is 17.0. The number of ether oxygens (including phenoxy) is 2. The SMILES string of the molecule is COC(=C=O)C[C@H](CN1CCC2(C1)CN(C(=O)OC(C)(C)C)C2)c1cccc(-n2nc(C)cc2C)c1. The minimum Gasteiger partial charge on any atom is -0.490 e. The Kier molecular flexibility index (Phi) is 7.30. The fraction of sp³-hybridized carbons (Fsp3) is 0.571. The summed E-state index contributed by atoms with van der Waals surface area (Å²) in [7, 11) is 1.52. The average molecular weight is 495 g/mol. The molecule has 1 aromatic carbocycles. The number of carbonyl (C=O) groups excluding carboxylic acids is 2. The van der Waals surface area contributed by atoms with E-state index in [2.05, 4.69) is 34.3 Å². The molecule has 194 valence electrons. The van der Waals surface area contributed by atoms with Crippen molar-refractivity contribution in [3.8, 4) is 5.69 Å². The Balaban J connectivity index is 1.47. The average Bonchev–Trinajstić information content (AvgIpc) is 3.37. The van der Waals surface area contributed by atoms with Crippen LogP contribution < -0.4 is 0 Å². The number of benzene rings is 1. The van der Waals surface area contributed by atoms with Crippen LogP contribution in [0.4, 0.5) is 4.79 Å². The van der Waals surface area contributed by atoms with E-state index in [4.69, 9.17) is 9.47 Å². The van der Waals surface area contributed by atoms with Gasteiger partial charge < -0.3 is 19.3 Å². The van der Waals surface area contributed by atoms with Gasteiger partial charge in [-0.15, -0.1) is 0 Å². The molecule has 0 unspecified atom stereocenters. The maximum atomic E-state index is 12.4. The second-order valence-electron chi connectivity index (χ2n) is 11.4. The number of rotatable bonds is 7. The van der Waals surface area contributed by atoms with Crippen LogP contribution in [0, 0.1) is 19.3 Å². The van der Waals surface area contributed by atoms with Gasteiger partial charge in [-0.3, -0.25) is 0 Å². The quantitative estimate of drug-likeness (QED) is 0.423. The number of allylic oxidation sites excluding steroid dienone is 1. The lowest BCUT2D eigenvalue weighted by atomic mass is 9.79. The molecule has 0 radical (unpaired) electrons. The van der Waals surface area contributed by atoms with Crippen molar-refractivity contribution >= 4 is 12.0 Å². The molecule has 4 rings (SSSR count). The van der Waals surface area contributed by atoms with Crippen molar-refractivity contribution < 1.29 is 19.1 Å². The molecule has 8 heteroatoms. The van der Waals surface area contributed by atoms with E-state index < -0.39 is 5.60 Å². The van der Waals surface area contributed by atoms with Crippen LogP contribution in [0.5, 0.6) is 0 Å². The first kappa shape index (κ1) is 26.0. The molecule has 36 heavy (non-hydrogen) atoms. The van der Waals surface area contributed by atoms with Crippen LogP contribution in [-0.4, -0.2) is 77.0 Å². The summed E-state index contributed by atoms with van der Waals surface area (Å²) in [4.78, 5) is 28.1. The zero-order valence-corrected chi connectivity index (χ0v) is 22.3. The zero-order chi connectivity index (χ0) is 26.1. The van der Waals surface area contributed by atoms with E-state index in [1.807, 2.05) is 56.2 Å². The van der Waals surface area contributed by atoms with Gasteiger partial charge in [0.15, 0.2) is 11.7 Å². The highest BCUT2D eigenvalue weighted by molar-refractivity contribution is 5.69. The molecule has 0 N–H and O–H groups in total. The second kappa shape index (κ2) is 10.1. The lowest BCUT2D eigenvalue weighted by molar-refractivity contribution is -0.0306. The molecule has 3 heterocycles. The van der Waals surface area contributed by atoms with Crippen molar-refractivity contribution in [2.75, 3.05) is 39.8 Å². The summed E-state index contributed by atoms with van der Waals surface area (Å²) in [5.74, 6) is 2.35. The normalized spacial score (nSPS) is 18.0. The maximum absolute atomic E-state index is 12.4. The summed E-state index contributed by atoms with van der Waals surface area (Å²) >= 11 is 0. The van der Waals surface area contributed by atoms with Gasteiger partial charge in [-0.2, -0.15) is 5.10 Å². The van der Waals surface area contributed by atoms with Crippen molar-refractivity contribution in [3.63, 3.8) is 0 Å². The highest BCUT2D eigenvalue weighted by Gasteiger charge is 2.50. The summed E-state index contributed by atoms with van der Waals surface area (Å²) in [6.07, 6.45) is 1.30. The van der Waals surface area contributed by atoms with E-state index in [1.165, 1.54) is 7.11 Å². The third-order valence-electron chi connectivity index (χ3n) is 7.09. The third-order valence-corrected chi connectivity index (χ3v) is 7.09. The summed E-state index contributed by atoms with van der Waals surface area (Å²) in [5, 5.41) is 4.63. The molecule has 1 atom stereocenters. The van der Waals surface area contributed by atoms with Gasteiger partial charge in [-0.1, -0.05) is 12.1 Å². The Morgan fingerprint density at radius 1 is 1.19 bits per heavy atom. The molecule has 0 saturated carbocycles. The maximum Gasteiger partial charge on any atom is 0.410 e. The van der Waals surface area contributed by atoms with Gasteiger partial charge in [-0.25, -0.2) is 14.3 Å². The summed E-state index contributed by atoms with van der Waals surface area (Å²) in [5.41, 5.74) is 3.83. The molecular weight excluding hydrogens is 456 g/mol. The molecule has 2 fully saturated rings. The highest BCUT2D eigenvalue weighted by atomic mass is 16.6. The van der Waals surface area contributed by atoms with Crippen LogP contribution in [-0.2, 0) is 14.3 Å². The minimum atomic E-state index is -0.484. The van der Waals surface area contributed by atoms with E-state index in [-0.39, 0.29) is 17.4 Å². The van der Waals surface area contributed by atoms with Crippen LogP contribution >= 0.6 is 0 Å². The molecule has 2 aliphatic rings. The van der Waals surface area contributed by atoms with Crippen LogP contribution in [0.15, 0.2) is 36.1 Å². The van der Waals surface area contributed by atoms with E-state index in [9.17, 15) is 9.59 Å². The van der Waals surface area contributed by atoms with Crippen molar-refractivity contribution in [2.24, 2.45) is 5.41 Å². The first-order valence-electron chi connectivity index (χ1n) is 12.6. The molecule has 1 aromatic heterocycles. The van der Waals surface area contributed by atoms with Crippen molar-refractivity contribution in [1.82, 2.24) is 19.6 Å². The lowest BCUT2D eigenvalue weighted by Crippen LogP contribution is -2.60. The van der Waals surface area contributed by atoms with Gasteiger partial charge in [0.25, 0.3) is 0 Å². The molecule has 2 aliphatic heterocycles. The topological polar surface area (TPSA) is 76.9 Å². The molecule has 0 bridgehead atoms. The van der Waals surface area contributed by atoms with Gasteiger partial charge in [0.2, 0.25) is 0 Å². The Morgan fingerprint density at radius 3 is 2.56 bits per heavy atom. The van der Waals surface area contributed by atoms with Gasteiger partial charge in [0.1, 0.15) is 5.60 Å². The summed E-state index contributed by atoms with van der Waals surface area (Å²) in [6, 6.07) is 10.4. The van der Waals surface area contributed by atoms with E-state index >= 15 is 0 Å². The number of hydrogen-bond acceptors (Lipinski definition) is 6. The summed E-state index contributed by atoms with van der Waals surface area (Å²) < 4.78 is 12.8. The highest BCUT2D eigenvalue weighted by Crippen LogP contribution is 2.41. The largest absolute Gasteiger partial charge is 0.490 e. The van der Waals surface area contributed by atoms with Gasteiger partial charge in [0.05, 0.1) is 18.5 Å². The molecule has 0 aliphatic carbocycles. The number of amides is 1. The Hall–Kier alpha value is -3.09. The second-order valence-corrected chi connectivity index (χ2v) is 11.4. The Labute approximate surface area is 213 Å². The van der Waals surface area contributed by atoms with Gasteiger partial charge >= 0.3 is 6.09 Å². The van der Waals surface area contributed by atoms with Crippen molar-refractivity contribution in [2.45, 2.75) is 59.0 Å². The van der Waals surface area contributed by atoms with Crippen molar-refractivity contribution in [1.29, 1.82) is 0 Å². The minimum absolute atomic E-state index is 0.0653. The van der Waals surface area contributed by atoms with E-state index in [1.54, 1.807) is 0 Å². The van der Waals surface area contributed by atoms with E-state index in [0.29, 0.717) is 12.2 Å². The fourth-order valence-corrected chi connectivity index (χ4v) is 5.45. The number of carbonyl (C=O) groups is 1. The lowest BCUT2D eigenvalue weighted by Gasteiger charge is -2.48. The Morgan fingerprint density at radius 2 is 1.94 bits per heavy atom. The van der Waals surface area contributed by atoms with Crippen molar-refractivity contribution in [3.05, 3.63) is 53.0 Å². The number of methoxy groups -OCH3 is 1. The van der Waals surface area contributed by atoms with Crippen LogP contribution in [0.2, 0.25) is 0 Å². The number of aromatic nitrogens is 2. The summed E-state index contributed by atoms with van der Waals surface area (Å²) in [6.45, 7) is 13.9. The van der Waals surface area contributed by atoms with Gasteiger partial charge in [0, 0.05) is 49.6 Å². The number of aryl methyl sites for hydroxylation is 2. The predicted molar refractivity (Wildman–Crippen MR) is 138 cm³/mol. The van der Waals surface area contributed by atoms with Gasteiger partial charge in [-0.05, 0) is 71.3 Å².